The van der Waals surface area contributed by atoms with E-state index in [1.165, 1.54) is 12.1 Å². The first kappa shape index (κ1) is 25.9. The summed E-state index contributed by atoms with van der Waals surface area (Å²) in [6.45, 7) is 6.56. The van der Waals surface area contributed by atoms with E-state index in [0.717, 1.165) is 48.5 Å². The number of amides is 1. The van der Waals surface area contributed by atoms with Gasteiger partial charge < -0.3 is 15.0 Å². The fraction of sp³-hybridized carbons (Fsp3) is 0.321. The third-order valence-electron chi connectivity index (χ3n) is 6.83. The number of primary sulfonamides is 1. The smallest absolute Gasteiger partial charge is 0.255 e. The van der Waals surface area contributed by atoms with Crippen LogP contribution in [0.3, 0.4) is 0 Å². The molecule has 36 heavy (non-hydrogen) atoms. The van der Waals surface area contributed by atoms with Crippen LogP contribution in [0.4, 0.5) is 5.69 Å². The molecule has 3 aromatic rings. The summed E-state index contributed by atoms with van der Waals surface area (Å²) in [6.07, 6.45) is 2.11. The van der Waals surface area contributed by atoms with E-state index in [4.69, 9.17) is 9.88 Å². The average molecular weight is 508 g/mol. The van der Waals surface area contributed by atoms with E-state index in [0.29, 0.717) is 23.1 Å². The van der Waals surface area contributed by atoms with Crippen LogP contribution in [-0.2, 0) is 10.0 Å². The molecule has 1 fully saturated rings. The maximum Gasteiger partial charge on any atom is 0.255 e. The number of piperidine rings is 1. The SMILES string of the molecule is COc1ccc(NC(=O)c2ccc(-c3cccc(S(N)(=O)=O)c3)cc2)cc1C1CCN(C(C)C)CC1. The van der Waals surface area contributed by atoms with Gasteiger partial charge in [0.1, 0.15) is 5.75 Å². The topological polar surface area (TPSA) is 102 Å². The van der Waals surface area contributed by atoms with Crippen LogP contribution in [0.5, 0.6) is 5.75 Å². The van der Waals surface area contributed by atoms with Crippen molar-refractivity contribution in [2.24, 2.45) is 5.14 Å². The molecular weight excluding hydrogens is 474 g/mol. The molecule has 1 saturated heterocycles. The minimum Gasteiger partial charge on any atom is -0.496 e. The first-order valence-corrected chi connectivity index (χ1v) is 13.7. The molecule has 7 nitrogen and oxygen atoms in total. The maximum atomic E-state index is 13.0. The van der Waals surface area contributed by atoms with Crippen molar-refractivity contribution in [1.29, 1.82) is 0 Å². The third-order valence-corrected chi connectivity index (χ3v) is 7.74. The van der Waals surface area contributed by atoms with Crippen LogP contribution in [0.25, 0.3) is 11.1 Å². The number of nitrogens with one attached hydrogen (secondary N) is 1. The first-order valence-electron chi connectivity index (χ1n) is 12.1. The Kier molecular flexibility index (Phi) is 7.78. The van der Waals surface area contributed by atoms with Crippen LogP contribution in [-0.4, -0.2) is 45.5 Å². The predicted molar refractivity (Wildman–Crippen MR) is 143 cm³/mol. The van der Waals surface area contributed by atoms with Gasteiger partial charge in [0.25, 0.3) is 5.91 Å². The Morgan fingerprint density at radius 3 is 2.31 bits per heavy atom. The van der Waals surface area contributed by atoms with Crippen molar-refractivity contribution < 1.29 is 17.9 Å². The highest BCUT2D eigenvalue weighted by atomic mass is 32.2. The fourth-order valence-corrected chi connectivity index (χ4v) is 5.29. The molecule has 1 aliphatic heterocycles. The van der Waals surface area contributed by atoms with Crippen molar-refractivity contribution in [1.82, 2.24) is 4.90 Å². The predicted octanol–water partition coefficient (Wildman–Crippen LogP) is 4.85. The van der Waals surface area contributed by atoms with Crippen molar-refractivity contribution >= 4 is 21.6 Å². The number of likely N-dealkylation sites (tertiary alicyclic amines) is 1. The molecule has 1 heterocycles. The summed E-state index contributed by atoms with van der Waals surface area (Å²) in [5.74, 6) is 1.02. The summed E-state index contributed by atoms with van der Waals surface area (Å²) in [4.78, 5) is 15.5. The van der Waals surface area contributed by atoms with Gasteiger partial charge in [0, 0.05) is 17.3 Å². The van der Waals surface area contributed by atoms with Gasteiger partial charge in [0.15, 0.2) is 0 Å². The first-order chi connectivity index (χ1) is 17.2. The number of methoxy groups -OCH3 is 1. The number of nitrogens with two attached hydrogens (primary N) is 1. The van der Waals surface area contributed by atoms with Gasteiger partial charge in [-0.3, -0.25) is 4.79 Å². The molecule has 0 aromatic heterocycles. The van der Waals surface area contributed by atoms with Crippen LogP contribution in [0.2, 0.25) is 0 Å². The number of benzene rings is 3. The molecule has 0 atom stereocenters. The van der Waals surface area contributed by atoms with Gasteiger partial charge in [-0.15, -0.1) is 0 Å². The van der Waals surface area contributed by atoms with E-state index in [9.17, 15) is 13.2 Å². The molecule has 4 rings (SSSR count). The van der Waals surface area contributed by atoms with Crippen molar-refractivity contribution in [3.05, 3.63) is 77.9 Å². The second kappa shape index (κ2) is 10.8. The Labute approximate surface area is 213 Å². The van der Waals surface area contributed by atoms with Crippen molar-refractivity contribution in [3.8, 4) is 16.9 Å². The Bertz CT molecular complexity index is 1330. The van der Waals surface area contributed by atoms with Gasteiger partial charge in [0.2, 0.25) is 10.0 Å². The van der Waals surface area contributed by atoms with Gasteiger partial charge >= 0.3 is 0 Å². The molecule has 0 aliphatic carbocycles. The number of ether oxygens (including phenoxy) is 1. The van der Waals surface area contributed by atoms with Gasteiger partial charge in [-0.05, 0) is 105 Å². The summed E-state index contributed by atoms with van der Waals surface area (Å²) >= 11 is 0. The number of sulfonamides is 1. The minimum absolute atomic E-state index is 0.0482. The van der Waals surface area contributed by atoms with Gasteiger partial charge in [-0.2, -0.15) is 0 Å². The Morgan fingerprint density at radius 1 is 1.00 bits per heavy atom. The molecule has 0 radical (unpaired) electrons. The summed E-state index contributed by atoms with van der Waals surface area (Å²) in [7, 11) is -2.11. The van der Waals surface area contributed by atoms with E-state index in [1.54, 1.807) is 43.5 Å². The Balaban J connectivity index is 1.48. The normalized spacial score (nSPS) is 15.1. The minimum atomic E-state index is -3.79. The second-order valence-electron chi connectivity index (χ2n) is 9.47. The quantitative estimate of drug-likeness (QED) is 0.476. The number of nitrogens with zero attached hydrogens (tertiary/aromatic N) is 1. The summed E-state index contributed by atoms with van der Waals surface area (Å²) in [6, 6.07) is 19.8. The number of rotatable bonds is 7. The molecular formula is C28H33N3O4S. The zero-order chi connectivity index (χ0) is 25.9. The average Bonchev–Trinajstić information content (AvgIpc) is 2.88. The molecule has 0 spiro atoms. The van der Waals surface area contributed by atoms with Crippen molar-refractivity contribution in [2.75, 3.05) is 25.5 Å². The lowest BCUT2D eigenvalue weighted by Crippen LogP contribution is -2.37. The highest BCUT2D eigenvalue weighted by Gasteiger charge is 2.24. The number of hydrogen-bond acceptors (Lipinski definition) is 5. The molecule has 3 aromatic carbocycles. The highest BCUT2D eigenvalue weighted by Crippen LogP contribution is 2.36. The van der Waals surface area contributed by atoms with E-state index in [-0.39, 0.29) is 10.8 Å². The maximum absolute atomic E-state index is 13.0. The van der Waals surface area contributed by atoms with Gasteiger partial charge in [-0.1, -0.05) is 24.3 Å². The number of carbonyl (C=O) groups is 1. The summed E-state index contributed by atoms with van der Waals surface area (Å²) in [5.41, 5.74) is 3.85. The molecule has 3 N–H and O–H groups in total. The summed E-state index contributed by atoms with van der Waals surface area (Å²) in [5, 5.41) is 8.25. The zero-order valence-corrected chi connectivity index (χ0v) is 21.7. The third kappa shape index (κ3) is 5.95. The van der Waals surface area contributed by atoms with E-state index < -0.39 is 10.0 Å². The Hall–Kier alpha value is -3.20. The van der Waals surface area contributed by atoms with E-state index in [1.807, 2.05) is 18.2 Å². The number of hydrogen-bond donors (Lipinski definition) is 2. The monoisotopic (exact) mass is 507 g/mol. The van der Waals surface area contributed by atoms with Crippen LogP contribution in [0.1, 0.15) is 48.5 Å². The fourth-order valence-electron chi connectivity index (χ4n) is 4.73. The van der Waals surface area contributed by atoms with Crippen molar-refractivity contribution in [2.45, 2.75) is 43.5 Å². The highest BCUT2D eigenvalue weighted by molar-refractivity contribution is 7.89. The molecule has 0 unspecified atom stereocenters. The van der Waals surface area contributed by atoms with Crippen LogP contribution in [0, 0.1) is 0 Å². The second-order valence-corrected chi connectivity index (χ2v) is 11.0. The van der Waals surface area contributed by atoms with E-state index >= 15 is 0 Å². The molecule has 0 saturated carbocycles. The summed E-state index contributed by atoms with van der Waals surface area (Å²) < 4.78 is 28.9. The van der Waals surface area contributed by atoms with Crippen LogP contribution >= 0.6 is 0 Å². The zero-order valence-electron chi connectivity index (χ0n) is 20.9. The molecule has 1 aliphatic rings. The number of anilines is 1. The number of carbonyl (C=O) groups excluding carboxylic acids is 1. The lowest BCUT2D eigenvalue weighted by molar-refractivity contribution is 0.102. The molecule has 0 bridgehead atoms. The largest absolute Gasteiger partial charge is 0.496 e. The molecule has 1 amide bonds. The van der Waals surface area contributed by atoms with Gasteiger partial charge in [0.05, 0.1) is 12.0 Å². The lowest BCUT2D eigenvalue weighted by Gasteiger charge is -2.35. The molecule has 8 heteroatoms. The van der Waals surface area contributed by atoms with Crippen LogP contribution in [0.15, 0.2) is 71.6 Å². The standard InChI is InChI=1S/C28H33N3O4S/c1-19(2)31-15-13-21(14-16-31)26-18-24(11-12-27(26)35-3)30-28(32)22-9-7-20(8-10-22)23-5-4-6-25(17-23)36(29,33)34/h4-12,17-19,21H,13-16H2,1-3H3,(H,30,32)(H2,29,33,34). The molecule has 190 valence electrons. The lowest BCUT2D eigenvalue weighted by atomic mass is 9.88. The Morgan fingerprint density at radius 2 is 1.69 bits per heavy atom. The van der Waals surface area contributed by atoms with Crippen LogP contribution < -0.4 is 15.2 Å². The van der Waals surface area contributed by atoms with Crippen molar-refractivity contribution in [3.63, 3.8) is 0 Å². The van der Waals surface area contributed by atoms with E-state index in [2.05, 4.69) is 24.1 Å². The van der Waals surface area contributed by atoms with Gasteiger partial charge in [-0.25, -0.2) is 13.6 Å².